The van der Waals surface area contributed by atoms with Gasteiger partial charge in [0.25, 0.3) is 17.0 Å². The number of halogens is 1. The molecule has 0 radical (unpaired) electrons. The summed E-state index contributed by atoms with van der Waals surface area (Å²) in [6.45, 7) is 0.894. The van der Waals surface area contributed by atoms with Crippen LogP contribution >= 0.6 is 0 Å². The molecular weight excluding hydrogens is 353 g/mol. The van der Waals surface area contributed by atoms with Gasteiger partial charge in [-0.1, -0.05) is 0 Å². The van der Waals surface area contributed by atoms with E-state index in [1.165, 1.54) is 30.3 Å². The third-order valence-electron chi connectivity index (χ3n) is 4.00. The molecule has 0 atom stereocenters. The summed E-state index contributed by atoms with van der Waals surface area (Å²) in [4.78, 5) is 35.6. The van der Waals surface area contributed by atoms with Gasteiger partial charge in [0.2, 0.25) is 0 Å². The average Bonchev–Trinajstić information content (AvgIpc) is 2.68. The minimum Gasteiger partial charge on any atom is -0.494 e. The van der Waals surface area contributed by atoms with Crippen LogP contribution in [0.15, 0.2) is 52.1 Å². The van der Waals surface area contributed by atoms with Crippen molar-refractivity contribution in [2.24, 2.45) is 0 Å². The highest BCUT2D eigenvalue weighted by Gasteiger charge is 2.09. The lowest BCUT2D eigenvalue weighted by molar-refractivity contribution is 0.0952. The topological polar surface area (TPSA) is 104 Å². The second-order valence-corrected chi connectivity index (χ2v) is 5.93. The first-order chi connectivity index (χ1) is 13.0. The molecule has 0 saturated carbocycles. The van der Waals surface area contributed by atoms with Crippen molar-refractivity contribution in [3.8, 4) is 5.75 Å². The number of unbranched alkanes of at least 4 members (excludes halogenated alkanes) is 1. The van der Waals surface area contributed by atoms with E-state index in [1.807, 2.05) is 0 Å². The van der Waals surface area contributed by atoms with Crippen molar-refractivity contribution < 1.29 is 13.9 Å². The minimum absolute atomic E-state index is 0.166. The first kappa shape index (κ1) is 18.4. The van der Waals surface area contributed by atoms with Gasteiger partial charge in [-0.3, -0.25) is 24.6 Å². The Morgan fingerprint density at radius 2 is 1.67 bits per heavy atom. The smallest absolute Gasteiger partial charge is 0.270 e. The molecule has 0 aliphatic rings. The number of aromatic nitrogens is 2. The van der Waals surface area contributed by atoms with Gasteiger partial charge in [-0.2, -0.15) is 0 Å². The second-order valence-electron chi connectivity index (χ2n) is 5.93. The van der Waals surface area contributed by atoms with E-state index in [2.05, 4.69) is 15.5 Å². The molecule has 8 heteroatoms. The number of carbonyl (C=O) groups is 1. The minimum atomic E-state index is -0.461. The summed E-state index contributed by atoms with van der Waals surface area (Å²) in [6.07, 6.45) is 1.41. The summed E-state index contributed by atoms with van der Waals surface area (Å²) < 4.78 is 18.3. The van der Waals surface area contributed by atoms with Gasteiger partial charge in [0.1, 0.15) is 11.6 Å². The number of nitrogens with one attached hydrogen (secondary N) is 3. The lowest BCUT2D eigenvalue weighted by atomic mass is 10.1. The molecule has 3 rings (SSSR count). The molecule has 0 spiro atoms. The normalized spacial score (nSPS) is 10.7. The van der Waals surface area contributed by atoms with Crippen molar-refractivity contribution in [2.45, 2.75) is 12.8 Å². The van der Waals surface area contributed by atoms with E-state index in [9.17, 15) is 18.8 Å². The Bertz CT molecular complexity index is 1060. The first-order valence-corrected chi connectivity index (χ1v) is 8.46. The Balaban J connectivity index is 1.47. The zero-order chi connectivity index (χ0) is 19.2. The van der Waals surface area contributed by atoms with Crippen LogP contribution in [0.5, 0.6) is 5.75 Å². The van der Waals surface area contributed by atoms with E-state index in [-0.39, 0.29) is 22.5 Å². The number of hydrogen-bond acceptors (Lipinski definition) is 4. The van der Waals surface area contributed by atoms with Gasteiger partial charge in [-0.25, -0.2) is 4.39 Å². The monoisotopic (exact) mass is 371 g/mol. The number of carbonyl (C=O) groups excluding carboxylic acids is 1. The largest absolute Gasteiger partial charge is 0.494 e. The Morgan fingerprint density at radius 1 is 0.963 bits per heavy atom. The Morgan fingerprint density at radius 3 is 2.41 bits per heavy atom. The van der Waals surface area contributed by atoms with Crippen LogP contribution in [-0.2, 0) is 0 Å². The molecule has 3 aromatic rings. The molecule has 0 aliphatic heterocycles. The van der Waals surface area contributed by atoms with Crippen molar-refractivity contribution in [3.63, 3.8) is 0 Å². The third-order valence-corrected chi connectivity index (χ3v) is 4.00. The molecule has 140 valence electrons. The van der Waals surface area contributed by atoms with Crippen LogP contribution in [0.25, 0.3) is 10.8 Å². The molecule has 0 fully saturated rings. The fourth-order valence-corrected chi connectivity index (χ4v) is 2.57. The zero-order valence-electron chi connectivity index (χ0n) is 14.4. The second kappa shape index (κ2) is 8.31. The number of H-pyrrole nitrogens is 2. The summed E-state index contributed by atoms with van der Waals surface area (Å²) in [5.41, 5.74) is -0.573. The van der Waals surface area contributed by atoms with Gasteiger partial charge in [0.15, 0.2) is 0 Å². The van der Waals surface area contributed by atoms with E-state index in [0.29, 0.717) is 37.3 Å². The summed E-state index contributed by atoms with van der Waals surface area (Å²) in [5, 5.41) is 7.63. The van der Waals surface area contributed by atoms with E-state index < -0.39 is 11.1 Å². The van der Waals surface area contributed by atoms with Crippen LogP contribution in [0.2, 0.25) is 0 Å². The van der Waals surface area contributed by atoms with Crippen LogP contribution < -0.4 is 21.2 Å². The maximum atomic E-state index is 12.8. The number of rotatable bonds is 7. The molecule has 1 heterocycles. The van der Waals surface area contributed by atoms with Gasteiger partial charge in [0.05, 0.1) is 17.4 Å². The lowest BCUT2D eigenvalue weighted by Crippen LogP contribution is -2.25. The standard InChI is InChI=1S/C19H18FN3O4/c20-13-4-6-14(7-5-13)27-10-2-1-9-21-17(24)12-3-8-15-16(11-12)19(26)23-22-18(15)25/h3-8,11H,1-2,9-10H2,(H,21,24)(H,22,25)(H,23,26). The molecule has 1 aromatic heterocycles. The molecule has 0 aliphatic carbocycles. The fraction of sp³-hybridized carbons (Fsp3) is 0.211. The van der Waals surface area contributed by atoms with Gasteiger partial charge in [0, 0.05) is 12.1 Å². The van der Waals surface area contributed by atoms with Crippen LogP contribution in [0.4, 0.5) is 4.39 Å². The lowest BCUT2D eigenvalue weighted by Gasteiger charge is -2.07. The van der Waals surface area contributed by atoms with Crippen LogP contribution in [-0.4, -0.2) is 29.3 Å². The van der Waals surface area contributed by atoms with Crippen molar-refractivity contribution in [3.05, 3.63) is 74.6 Å². The van der Waals surface area contributed by atoms with Crippen molar-refractivity contribution in [2.75, 3.05) is 13.2 Å². The summed E-state index contributed by atoms with van der Waals surface area (Å²) in [7, 11) is 0. The Hall–Kier alpha value is -3.42. The highest BCUT2D eigenvalue weighted by Crippen LogP contribution is 2.11. The van der Waals surface area contributed by atoms with Crippen molar-refractivity contribution in [1.82, 2.24) is 15.5 Å². The van der Waals surface area contributed by atoms with Gasteiger partial charge < -0.3 is 10.1 Å². The maximum absolute atomic E-state index is 12.8. The molecular formula is C19H18FN3O4. The molecule has 1 amide bonds. The number of fused-ring (bicyclic) bond motifs is 1. The van der Waals surface area contributed by atoms with Gasteiger partial charge in [-0.05, 0) is 55.3 Å². The predicted molar refractivity (Wildman–Crippen MR) is 98.7 cm³/mol. The van der Waals surface area contributed by atoms with Crippen molar-refractivity contribution >= 4 is 16.7 Å². The Kier molecular flexibility index (Phi) is 5.65. The van der Waals surface area contributed by atoms with Crippen molar-refractivity contribution in [1.29, 1.82) is 0 Å². The number of benzene rings is 2. The van der Waals surface area contributed by atoms with Gasteiger partial charge in [-0.15, -0.1) is 0 Å². The first-order valence-electron chi connectivity index (χ1n) is 8.46. The van der Waals surface area contributed by atoms with Crippen LogP contribution in [0.1, 0.15) is 23.2 Å². The molecule has 0 saturated heterocycles. The molecule has 3 N–H and O–H groups in total. The predicted octanol–water partition coefficient (Wildman–Crippen LogP) is 1.94. The average molecular weight is 371 g/mol. The van der Waals surface area contributed by atoms with E-state index >= 15 is 0 Å². The van der Waals surface area contributed by atoms with Gasteiger partial charge >= 0.3 is 0 Å². The Labute approximate surface area is 153 Å². The number of amides is 1. The summed E-state index contributed by atoms with van der Waals surface area (Å²) >= 11 is 0. The van der Waals surface area contributed by atoms with Crippen LogP contribution in [0.3, 0.4) is 0 Å². The highest BCUT2D eigenvalue weighted by atomic mass is 19.1. The number of ether oxygens (including phenoxy) is 1. The fourth-order valence-electron chi connectivity index (χ4n) is 2.57. The molecule has 0 unspecified atom stereocenters. The molecule has 27 heavy (non-hydrogen) atoms. The maximum Gasteiger partial charge on any atom is 0.270 e. The number of aromatic amines is 2. The van der Waals surface area contributed by atoms with E-state index in [0.717, 1.165) is 0 Å². The third kappa shape index (κ3) is 4.60. The van der Waals surface area contributed by atoms with E-state index in [1.54, 1.807) is 12.1 Å². The molecule has 7 nitrogen and oxygen atoms in total. The zero-order valence-corrected chi connectivity index (χ0v) is 14.4. The van der Waals surface area contributed by atoms with Crippen LogP contribution in [0, 0.1) is 5.82 Å². The summed E-state index contributed by atoms with van der Waals surface area (Å²) in [5.74, 6) is -0.0433. The molecule has 2 aromatic carbocycles. The summed E-state index contributed by atoms with van der Waals surface area (Å²) in [6, 6.07) is 10.1. The molecule has 0 bridgehead atoms. The number of hydrogen-bond donors (Lipinski definition) is 3. The highest BCUT2D eigenvalue weighted by molar-refractivity contribution is 5.98. The van der Waals surface area contributed by atoms with E-state index in [4.69, 9.17) is 4.74 Å². The SMILES string of the molecule is O=C(NCCCCOc1ccc(F)cc1)c1ccc2c(=O)[nH][nH]c(=O)c2c1. The quantitative estimate of drug-likeness (QED) is 0.552.